The summed E-state index contributed by atoms with van der Waals surface area (Å²) in [5.41, 5.74) is 2.81. The number of piperazine rings is 1. The number of fused-ring (bicyclic) bond motifs is 1. The highest BCUT2D eigenvalue weighted by Gasteiger charge is 2.14. The van der Waals surface area contributed by atoms with Crippen molar-refractivity contribution in [3.8, 4) is 0 Å². The summed E-state index contributed by atoms with van der Waals surface area (Å²) in [5.74, 6) is 0. The fourth-order valence-electron chi connectivity index (χ4n) is 2.34. The first-order chi connectivity index (χ1) is 7.86. The van der Waals surface area contributed by atoms with Crippen LogP contribution in [0.3, 0.4) is 0 Å². The summed E-state index contributed by atoms with van der Waals surface area (Å²) < 4.78 is 1.44. The van der Waals surface area contributed by atoms with Gasteiger partial charge in [0.25, 0.3) is 0 Å². The number of hydrogen-bond donors (Lipinski definition) is 1. The Balaban J connectivity index is 2.06. The van der Waals surface area contributed by atoms with Crippen LogP contribution < -0.4 is 10.2 Å². The highest BCUT2D eigenvalue weighted by atomic mass is 32.1. The van der Waals surface area contributed by atoms with E-state index in [-0.39, 0.29) is 0 Å². The van der Waals surface area contributed by atoms with E-state index in [9.17, 15) is 0 Å². The molecule has 16 heavy (non-hydrogen) atoms. The first-order valence-corrected chi connectivity index (χ1v) is 6.67. The molecule has 3 heteroatoms. The second-order valence-corrected chi connectivity index (χ2v) is 5.19. The van der Waals surface area contributed by atoms with E-state index in [2.05, 4.69) is 40.7 Å². The van der Waals surface area contributed by atoms with Gasteiger partial charge in [0, 0.05) is 41.6 Å². The number of aryl methyl sites for hydroxylation is 1. The molecule has 1 fully saturated rings. The minimum absolute atomic E-state index is 1.10. The van der Waals surface area contributed by atoms with Gasteiger partial charge in [-0.1, -0.05) is 18.2 Å². The van der Waals surface area contributed by atoms with Crippen LogP contribution in [0, 0.1) is 6.92 Å². The zero-order chi connectivity index (χ0) is 11.0. The predicted octanol–water partition coefficient (Wildman–Crippen LogP) is 2.62. The normalized spacial score (nSPS) is 16.9. The van der Waals surface area contributed by atoms with Gasteiger partial charge in [0.15, 0.2) is 0 Å². The van der Waals surface area contributed by atoms with Gasteiger partial charge in [0.1, 0.15) is 0 Å². The predicted molar refractivity (Wildman–Crippen MR) is 71.6 cm³/mol. The second-order valence-electron chi connectivity index (χ2n) is 4.31. The zero-order valence-electron chi connectivity index (χ0n) is 9.49. The molecular weight excluding hydrogens is 216 g/mol. The Hall–Kier alpha value is -1.06. The quantitative estimate of drug-likeness (QED) is 0.813. The van der Waals surface area contributed by atoms with Crippen molar-refractivity contribution in [1.29, 1.82) is 0 Å². The van der Waals surface area contributed by atoms with Crippen LogP contribution in [0.4, 0.5) is 5.69 Å². The maximum absolute atomic E-state index is 3.40. The highest BCUT2D eigenvalue weighted by molar-refractivity contribution is 7.18. The van der Waals surface area contributed by atoms with Crippen molar-refractivity contribution < 1.29 is 0 Å². The van der Waals surface area contributed by atoms with Crippen molar-refractivity contribution in [3.05, 3.63) is 29.1 Å². The average Bonchev–Trinajstić information content (AvgIpc) is 2.75. The van der Waals surface area contributed by atoms with Crippen molar-refractivity contribution in [2.45, 2.75) is 6.92 Å². The van der Waals surface area contributed by atoms with Crippen LogP contribution in [0.25, 0.3) is 10.1 Å². The first kappa shape index (κ1) is 10.1. The van der Waals surface area contributed by atoms with Gasteiger partial charge in [-0.05, 0) is 12.5 Å². The van der Waals surface area contributed by atoms with Crippen molar-refractivity contribution in [2.75, 3.05) is 31.1 Å². The van der Waals surface area contributed by atoms with E-state index in [1.54, 1.807) is 0 Å². The third-order valence-corrected chi connectivity index (χ3v) is 4.35. The van der Waals surface area contributed by atoms with Crippen molar-refractivity contribution in [2.24, 2.45) is 0 Å². The lowest BCUT2D eigenvalue weighted by atomic mass is 10.1. The summed E-state index contributed by atoms with van der Waals surface area (Å²) in [5, 5.41) is 7.13. The molecular formula is C13H16N2S. The molecule has 3 rings (SSSR count). The molecule has 84 valence electrons. The number of rotatable bonds is 1. The first-order valence-electron chi connectivity index (χ1n) is 5.79. The van der Waals surface area contributed by atoms with E-state index in [1.165, 1.54) is 21.3 Å². The summed E-state index contributed by atoms with van der Waals surface area (Å²) in [4.78, 5) is 2.49. The molecule has 2 aromatic rings. The van der Waals surface area contributed by atoms with Gasteiger partial charge in [-0.15, -0.1) is 11.3 Å². The van der Waals surface area contributed by atoms with Crippen LogP contribution in [0.2, 0.25) is 0 Å². The van der Waals surface area contributed by atoms with Crippen molar-refractivity contribution in [1.82, 2.24) is 5.32 Å². The molecule has 0 bridgehead atoms. The fraction of sp³-hybridized carbons (Fsp3) is 0.385. The molecule has 1 N–H and O–H groups in total. The monoisotopic (exact) mass is 232 g/mol. The molecule has 1 saturated heterocycles. The Labute approximate surface area is 99.9 Å². The van der Waals surface area contributed by atoms with E-state index in [4.69, 9.17) is 0 Å². The van der Waals surface area contributed by atoms with Crippen LogP contribution in [0.1, 0.15) is 5.56 Å². The highest BCUT2D eigenvalue weighted by Crippen LogP contribution is 2.34. The minimum atomic E-state index is 1.10. The SMILES string of the molecule is Cc1cccc2c(N3CCNCC3)csc12. The Kier molecular flexibility index (Phi) is 2.58. The minimum Gasteiger partial charge on any atom is -0.368 e. The van der Waals surface area contributed by atoms with Crippen molar-refractivity contribution in [3.63, 3.8) is 0 Å². The maximum atomic E-state index is 3.40. The molecule has 1 aliphatic heterocycles. The molecule has 0 radical (unpaired) electrons. The summed E-state index contributed by atoms with van der Waals surface area (Å²) >= 11 is 1.87. The average molecular weight is 232 g/mol. The Bertz CT molecular complexity index is 498. The van der Waals surface area contributed by atoms with E-state index < -0.39 is 0 Å². The molecule has 2 nitrogen and oxygen atoms in total. The summed E-state index contributed by atoms with van der Waals surface area (Å²) in [6.45, 7) is 6.65. The van der Waals surface area contributed by atoms with Gasteiger partial charge < -0.3 is 10.2 Å². The van der Waals surface area contributed by atoms with Crippen LogP contribution in [0.5, 0.6) is 0 Å². The van der Waals surface area contributed by atoms with Crippen LogP contribution >= 0.6 is 11.3 Å². The molecule has 0 amide bonds. The maximum Gasteiger partial charge on any atom is 0.0555 e. The Morgan fingerprint density at radius 3 is 2.88 bits per heavy atom. The van der Waals surface area contributed by atoms with Gasteiger partial charge in [-0.3, -0.25) is 0 Å². The number of benzene rings is 1. The fourth-order valence-corrected chi connectivity index (χ4v) is 3.40. The van der Waals surface area contributed by atoms with Crippen LogP contribution in [-0.4, -0.2) is 26.2 Å². The molecule has 1 aromatic heterocycles. The molecule has 1 aliphatic rings. The van der Waals surface area contributed by atoms with E-state index in [0.29, 0.717) is 0 Å². The van der Waals surface area contributed by atoms with Crippen LogP contribution in [0.15, 0.2) is 23.6 Å². The largest absolute Gasteiger partial charge is 0.368 e. The zero-order valence-corrected chi connectivity index (χ0v) is 10.3. The standard InChI is InChI=1S/C13H16N2S/c1-10-3-2-4-11-12(9-16-13(10)11)15-7-5-14-6-8-15/h2-4,9,14H,5-8H2,1H3. The van der Waals surface area contributed by atoms with Gasteiger partial charge in [0.2, 0.25) is 0 Å². The smallest absolute Gasteiger partial charge is 0.0555 e. The summed E-state index contributed by atoms with van der Waals surface area (Å²) in [6.07, 6.45) is 0. The number of nitrogens with one attached hydrogen (secondary N) is 1. The second kappa shape index (κ2) is 4.07. The number of hydrogen-bond acceptors (Lipinski definition) is 3. The number of anilines is 1. The van der Waals surface area contributed by atoms with Gasteiger partial charge in [0.05, 0.1) is 5.69 Å². The lowest BCUT2D eigenvalue weighted by Gasteiger charge is -2.28. The summed E-state index contributed by atoms with van der Waals surface area (Å²) in [6, 6.07) is 6.60. The van der Waals surface area contributed by atoms with E-state index in [1.807, 2.05) is 11.3 Å². The molecule has 0 atom stereocenters. The van der Waals surface area contributed by atoms with Gasteiger partial charge >= 0.3 is 0 Å². The van der Waals surface area contributed by atoms with E-state index in [0.717, 1.165) is 26.2 Å². The molecule has 1 aromatic carbocycles. The van der Waals surface area contributed by atoms with Crippen LogP contribution in [-0.2, 0) is 0 Å². The molecule has 0 spiro atoms. The van der Waals surface area contributed by atoms with Gasteiger partial charge in [-0.25, -0.2) is 0 Å². The molecule has 2 heterocycles. The van der Waals surface area contributed by atoms with Gasteiger partial charge in [-0.2, -0.15) is 0 Å². The summed E-state index contributed by atoms with van der Waals surface area (Å²) in [7, 11) is 0. The lowest BCUT2D eigenvalue weighted by molar-refractivity contribution is 0.591. The molecule has 0 aliphatic carbocycles. The third kappa shape index (κ3) is 1.60. The number of thiophene rings is 1. The van der Waals surface area contributed by atoms with Crippen molar-refractivity contribution >= 4 is 27.1 Å². The Morgan fingerprint density at radius 2 is 2.06 bits per heavy atom. The molecule has 0 unspecified atom stereocenters. The number of nitrogens with zero attached hydrogens (tertiary/aromatic N) is 1. The molecule has 0 saturated carbocycles. The van der Waals surface area contributed by atoms with E-state index >= 15 is 0 Å². The third-order valence-electron chi connectivity index (χ3n) is 3.23. The lowest BCUT2D eigenvalue weighted by Crippen LogP contribution is -2.43. The topological polar surface area (TPSA) is 15.3 Å². The Morgan fingerprint density at radius 1 is 1.25 bits per heavy atom.